The van der Waals surface area contributed by atoms with Gasteiger partial charge < -0.3 is 82.3 Å². The Balaban J connectivity index is 0.851. The maximum atomic E-state index is 16.1. The molecule has 12 amide bonds. The average molecular weight is 1800 g/mol. The highest BCUT2D eigenvalue weighted by molar-refractivity contribution is 6.23. The van der Waals surface area contributed by atoms with Gasteiger partial charge in [0.2, 0.25) is 53.2 Å². The number of alkyl carbamates (subject to hydrolysis) is 3. The molecule has 1 aliphatic carbocycles. The lowest BCUT2D eigenvalue weighted by atomic mass is 9.90. The highest BCUT2D eigenvalue weighted by atomic mass is 16.6. The third-order valence-corrected chi connectivity index (χ3v) is 23.6. The SMILES string of the molecule is CC(C)C[C@H](NC(=O)[C@H](CCCNC(=O)OC(C)(C)C)NC(=O)[C@H](Cc1ccc([N+](=O)[O-])cc1)NC(=O)[C@@H]1CCCN1C(=O)[C@@H](Cc1ccc2ccc3cccc4ccc1c2c34)NC(=O)[C@H](CC(C)C)NC(=O)[C@H](CCCNC(=O)OC(C)(C)C)NC(=O)[C@@H](NC(=O)[C@@H]1CCCN1C(=O)[C@@H](Cc1ccccc1)NC(=O)OCC1c2ccccc2-c2ccccc21)C(C)C)C(=O)O. The molecule has 32 nitrogen and oxygen atoms in total. The predicted molar refractivity (Wildman–Crippen MR) is 494 cm³/mol. The molecule has 0 spiro atoms. The first-order valence-corrected chi connectivity index (χ1v) is 45.2. The number of rotatable bonds is 40. The molecule has 0 saturated carbocycles. The minimum Gasteiger partial charge on any atom is -0.480 e. The quantitative estimate of drug-likeness (QED) is 0.00558. The van der Waals surface area contributed by atoms with Crippen LogP contribution in [0.15, 0.2) is 158 Å². The van der Waals surface area contributed by atoms with Crippen molar-refractivity contribution in [1.82, 2.24) is 63.0 Å². The van der Waals surface area contributed by atoms with Crippen LogP contribution in [-0.4, -0.2) is 202 Å². The van der Waals surface area contributed by atoms with Crippen LogP contribution in [0.25, 0.3) is 43.4 Å². The Morgan fingerprint density at radius 3 is 1.42 bits per heavy atom. The highest BCUT2D eigenvalue weighted by Gasteiger charge is 2.44. The number of carbonyl (C=O) groups is 13. The summed E-state index contributed by atoms with van der Waals surface area (Å²) in [4.78, 5) is 203. The zero-order valence-corrected chi connectivity index (χ0v) is 76.5. The summed E-state index contributed by atoms with van der Waals surface area (Å²) in [6.45, 7) is 20.6. The molecule has 131 heavy (non-hydrogen) atoms. The standard InChI is InChI=1S/C99H123N13O19/c1-57(2)51-75(104-85(113)74(34-22-48-101-96(125)131-99(10,11)12)103-91(119)84(59(5)6)109-90(118)81-36-24-50-111(81)92(120)77(54-60-25-14-13-15-26-60)108-97(126)129-56-72-70-31-18-16-29-68(70)69-30-17-19-32-71(69)72)87(115)106-78(55-65-42-41-64-40-39-62-27-20-28-63-43-46-67(65)83(64)82(62)63)93(121)110-49-23-35-80(110)89(117)105-76(53-61-37-44-66(45-38-61)112(127)128)88(116)102-73(33-21-47-100-95(124)130-98(7,8)9)86(114)107-79(94(122)123)52-58(3)4/h13-20,25-32,37-46,57-59,72-81,84H,21-24,33-36,47-56H2,1-12H3,(H,100,124)(H,101,125)(H,102,116)(H,103,119)(H,104,113)(H,105,117)(H,106,115)(H,107,114)(H,108,126)(H,109,118)(H,122,123)/t73-,74-,75-,76-,77+,78+,79-,80-,81-,84-/m0/s1. The van der Waals surface area contributed by atoms with Crippen LogP contribution in [0.5, 0.6) is 0 Å². The molecular formula is C99H123N13O19. The summed E-state index contributed by atoms with van der Waals surface area (Å²) in [5.41, 5.74) is 3.73. The molecule has 698 valence electrons. The van der Waals surface area contributed by atoms with Crippen molar-refractivity contribution >= 4 is 115 Å². The number of hydrogen-bond acceptors (Lipinski definition) is 18. The molecule has 0 bridgehead atoms. The van der Waals surface area contributed by atoms with Crippen LogP contribution in [0.3, 0.4) is 0 Å². The fourth-order valence-electron chi connectivity index (χ4n) is 17.4. The summed E-state index contributed by atoms with van der Waals surface area (Å²) in [5, 5.41) is 55.3. The van der Waals surface area contributed by atoms with Crippen molar-refractivity contribution in [3.05, 3.63) is 196 Å². The Hall–Kier alpha value is -13.3. The Kier molecular flexibility index (Phi) is 33.3. The molecule has 0 unspecified atom stereocenters. The second kappa shape index (κ2) is 44.3. The summed E-state index contributed by atoms with van der Waals surface area (Å²) in [7, 11) is 0. The van der Waals surface area contributed by atoms with Gasteiger partial charge in [0.25, 0.3) is 5.69 Å². The van der Waals surface area contributed by atoms with Gasteiger partial charge in [-0.1, -0.05) is 187 Å². The lowest BCUT2D eigenvalue weighted by molar-refractivity contribution is -0.384. The van der Waals surface area contributed by atoms with Crippen LogP contribution in [0, 0.1) is 27.9 Å². The smallest absolute Gasteiger partial charge is 0.407 e. The van der Waals surface area contributed by atoms with Crippen molar-refractivity contribution in [1.29, 1.82) is 0 Å². The molecule has 2 fully saturated rings. The zero-order valence-electron chi connectivity index (χ0n) is 76.5. The van der Waals surface area contributed by atoms with E-state index < -0.39 is 160 Å². The molecule has 11 rings (SSSR count). The summed E-state index contributed by atoms with van der Waals surface area (Å²) < 4.78 is 16.8. The molecule has 2 heterocycles. The second-order valence-corrected chi connectivity index (χ2v) is 37.3. The van der Waals surface area contributed by atoms with Crippen LogP contribution in [-0.2, 0) is 81.4 Å². The van der Waals surface area contributed by atoms with Gasteiger partial charge in [-0.15, -0.1) is 0 Å². The number of likely N-dealkylation sites (tertiary alicyclic amines) is 2. The molecule has 2 aliphatic heterocycles. The number of amides is 12. The van der Waals surface area contributed by atoms with Crippen molar-refractivity contribution in [2.45, 2.75) is 244 Å². The average Bonchev–Trinajstić information content (AvgIpc) is 1.48. The van der Waals surface area contributed by atoms with E-state index in [1.54, 1.807) is 69.2 Å². The minimum atomic E-state index is -1.58. The maximum absolute atomic E-state index is 16.1. The number of carboxylic acids is 1. The van der Waals surface area contributed by atoms with Gasteiger partial charge in [-0.25, -0.2) is 19.2 Å². The molecule has 10 atom stereocenters. The lowest BCUT2D eigenvalue weighted by Crippen LogP contribution is -2.61. The van der Waals surface area contributed by atoms with Gasteiger partial charge >= 0.3 is 24.2 Å². The van der Waals surface area contributed by atoms with Crippen LogP contribution in [0.1, 0.15) is 181 Å². The fraction of sp³-hybridized carbons (Fsp3) is 0.465. The van der Waals surface area contributed by atoms with Crippen LogP contribution in [0.2, 0.25) is 0 Å². The first kappa shape index (κ1) is 98.3. The number of nitrogens with one attached hydrogen (secondary N) is 10. The van der Waals surface area contributed by atoms with Crippen LogP contribution < -0.4 is 53.2 Å². The van der Waals surface area contributed by atoms with Crippen LogP contribution >= 0.6 is 0 Å². The van der Waals surface area contributed by atoms with Gasteiger partial charge in [-0.05, 0) is 195 Å². The van der Waals surface area contributed by atoms with Gasteiger partial charge in [0.05, 0.1) is 4.92 Å². The number of ether oxygens (including phenoxy) is 3. The van der Waals surface area contributed by atoms with E-state index in [1.807, 2.05) is 147 Å². The fourth-order valence-corrected chi connectivity index (χ4v) is 17.4. The van der Waals surface area contributed by atoms with E-state index in [1.165, 1.54) is 34.1 Å². The van der Waals surface area contributed by atoms with Crippen LogP contribution in [0.4, 0.5) is 20.1 Å². The van der Waals surface area contributed by atoms with E-state index in [9.17, 15) is 44.0 Å². The molecule has 0 radical (unpaired) electrons. The van der Waals surface area contributed by atoms with E-state index in [0.29, 0.717) is 17.5 Å². The number of carboxylic acid groups (broad SMARTS) is 1. The number of carbonyl (C=O) groups excluding carboxylic acids is 12. The molecule has 3 aliphatic rings. The number of benzene rings is 8. The highest BCUT2D eigenvalue weighted by Crippen LogP contribution is 2.45. The molecule has 8 aromatic rings. The van der Waals surface area contributed by atoms with E-state index in [0.717, 1.165) is 60.1 Å². The van der Waals surface area contributed by atoms with E-state index >= 15 is 33.6 Å². The first-order chi connectivity index (χ1) is 62.3. The number of non-ortho nitro benzene ring substituents is 1. The minimum absolute atomic E-state index is 0.0191. The molecule has 32 heteroatoms. The lowest BCUT2D eigenvalue weighted by Gasteiger charge is -2.32. The molecule has 8 aromatic carbocycles. The Labute approximate surface area is 762 Å². The summed E-state index contributed by atoms with van der Waals surface area (Å²) in [6.07, 6.45) is -2.18. The number of nitro groups is 1. The number of fused-ring (bicyclic) bond motifs is 3. The number of nitrogens with zero attached hydrogens (tertiary/aromatic N) is 3. The Bertz CT molecular complexity index is 5400. The Morgan fingerprint density at radius 2 is 0.893 bits per heavy atom. The summed E-state index contributed by atoms with van der Waals surface area (Å²) >= 11 is 0. The number of aliphatic carboxylic acids is 1. The molecule has 0 aromatic heterocycles. The summed E-state index contributed by atoms with van der Waals surface area (Å²) in [6, 6.07) is 33.8. The third kappa shape index (κ3) is 26.5. The van der Waals surface area contributed by atoms with Crippen molar-refractivity contribution in [3.63, 3.8) is 0 Å². The maximum Gasteiger partial charge on any atom is 0.407 e. The second-order valence-electron chi connectivity index (χ2n) is 37.3. The van der Waals surface area contributed by atoms with Crippen molar-refractivity contribution in [2.75, 3.05) is 32.8 Å². The molecule has 11 N–H and O–H groups in total. The van der Waals surface area contributed by atoms with Gasteiger partial charge in [0.15, 0.2) is 0 Å². The molecule has 2 saturated heterocycles. The van der Waals surface area contributed by atoms with Crippen molar-refractivity contribution < 1.29 is 86.6 Å². The first-order valence-electron chi connectivity index (χ1n) is 45.2. The van der Waals surface area contributed by atoms with E-state index in [4.69, 9.17) is 14.2 Å². The van der Waals surface area contributed by atoms with Crippen molar-refractivity contribution in [3.8, 4) is 11.1 Å². The van der Waals surface area contributed by atoms with Gasteiger partial charge in [0, 0.05) is 63.5 Å². The number of hydrogen-bond donors (Lipinski definition) is 11. The molecular weight excluding hydrogens is 1680 g/mol. The monoisotopic (exact) mass is 1800 g/mol. The third-order valence-electron chi connectivity index (χ3n) is 23.6. The van der Waals surface area contributed by atoms with E-state index in [2.05, 4.69) is 53.2 Å². The zero-order chi connectivity index (χ0) is 94.7. The Morgan fingerprint density at radius 1 is 0.450 bits per heavy atom. The largest absolute Gasteiger partial charge is 0.480 e. The number of nitro benzene ring substituents is 1. The normalized spacial score (nSPS) is 16.2. The van der Waals surface area contributed by atoms with E-state index in [-0.39, 0.29) is 133 Å². The van der Waals surface area contributed by atoms with Gasteiger partial charge in [-0.3, -0.25) is 53.3 Å². The topological polar surface area (TPSA) is 440 Å². The predicted octanol–water partition coefficient (Wildman–Crippen LogP) is 11.2. The van der Waals surface area contributed by atoms with Crippen molar-refractivity contribution in [2.24, 2.45) is 17.8 Å². The van der Waals surface area contributed by atoms with Gasteiger partial charge in [0.1, 0.15) is 78.2 Å². The summed E-state index contributed by atoms with van der Waals surface area (Å²) in [5.74, 6) is -9.92. The van der Waals surface area contributed by atoms with Gasteiger partial charge in [-0.2, -0.15) is 0 Å².